The first-order chi connectivity index (χ1) is 13.0. The second kappa shape index (κ2) is 7.33. The lowest BCUT2D eigenvalue weighted by atomic mass is 10.0. The molecule has 27 heavy (non-hydrogen) atoms. The van der Waals surface area contributed by atoms with Crippen LogP contribution in [0.5, 0.6) is 0 Å². The standard InChI is InChI=1S/C20H18N2O5/c1-4-10-22-18(23)16(21-20(22)25)11-13-8-9-17(27-13)14-6-5-7-15(12(14)2)19(24)26-3/h4-9,11H,1,10H2,2-3H3,(H,21,25)/b16-11+. The fourth-order valence-corrected chi connectivity index (χ4v) is 2.82. The van der Waals surface area contributed by atoms with Gasteiger partial charge in [-0.25, -0.2) is 9.59 Å². The van der Waals surface area contributed by atoms with Gasteiger partial charge in [-0.05, 0) is 30.7 Å². The maximum Gasteiger partial charge on any atom is 0.338 e. The van der Waals surface area contributed by atoms with Crippen molar-refractivity contribution in [3.05, 3.63) is 65.6 Å². The molecular formula is C20H18N2O5. The van der Waals surface area contributed by atoms with Crippen LogP contribution in [0.1, 0.15) is 21.7 Å². The highest BCUT2D eigenvalue weighted by molar-refractivity contribution is 6.13. The van der Waals surface area contributed by atoms with Gasteiger partial charge in [0.05, 0.1) is 12.7 Å². The molecule has 7 heteroatoms. The van der Waals surface area contributed by atoms with Crippen LogP contribution in [0, 0.1) is 6.92 Å². The highest BCUT2D eigenvalue weighted by Gasteiger charge is 2.32. The predicted molar refractivity (Wildman–Crippen MR) is 98.6 cm³/mol. The van der Waals surface area contributed by atoms with E-state index in [9.17, 15) is 14.4 Å². The molecule has 7 nitrogen and oxygen atoms in total. The Hall–Kier alpha value is -3.61. The van der Waals surface area contributed by atoms with E-state index in [-0.39, 0.29) is 12.2 Å². The van der Waals surface area contributed by atoms with Gasteiger partial charge in [0.2, 0.25) is 0 Å². The molecule has 1 N–H and O–H groups in total. The zero-order valence-electron chi connectivity index (χ0n) is 14.9. The molecule has 0 atom stereocenters. The van der Waals surface area contributed by atoms with Gasteiger partial charge in [0.25, 0.3) is 5.91 Å². The molecule has 1 aromatic heterocycles. The Balaban J connectivity index is 1.90. The van der Waals surface area contributed by atoms with Crippen molar-refractivity contribution in [2.45, 2.75) is 6.92 Å². The summed E-state index contributed by atoms with van der Waals surface area (Å²) in [6.45, 7) is 5.46. The fraction of sp³-hybridized carbons (Fsp3) is 0.150. The highest BCUT2D eigenvalue weighted by atomic mass is 16.5. The van der Waals surface area contributed by atoms with Gasteiger partial charge in [-0.15, -0.1) is 6.58 Å². The third kappa shape index (κ3) is 3.39. The van der Waals surface area contributed by atoms with E-state index < -0.39 is 17.9 Å². The topological polar surface area (TPSA) is 88.8 Å². The van der Waals surface area contributed by atoms with Crippen LogP contribution >= 0.6 is 0 Å². The van der Waals surface area contributed by atoms with Gasteiger partial charge in [-0.3, -0.25) is 9.69 Å². The largest absolute Gasteiger partial charge is 0.465 e. The number of hydrogen-bond donors (Lipinski definition) is 1. The number of nitrogens with one attached hydrogen (secondary N) is 1. The van der Waals surface area contributed by atoms with Crippen molar-refractivity contribution in [2.24, 2.45) is 0 Å². The molecule has 3 amide bonds. The summed E-state index contributed by atoms with van der Waals surface area (Å²) in [5, 5.41) is 2.51. The third-order valence-electron chi connectivity index (χ3n) is 4.19. The van der Waals surface area contributed by atoms with Crippen LogP contribution < -0.4 is 5.32 Å². The second-order valence-electron chi connectivity index (χ2n) is 5.86. The quantitative estimate of drug-likeness (QED) is 0.380. The number of methoxy groups -OCH3 is 1. The van der Waals surface area contributed by atoms with E-state index in [0.29, 0.717) is 17.1 Å². The lowest BCUT2D eigenvalue weighted by molar-refractivity contribution is -0.122. The first kappa shape index (κ1) is 18.2. The van der Waals surface area contributed by atoms with Gasteiger partial charge < -0.3 is 14.5 Å². The van der Waals surface area contributed by atoms with E-state index in [1.54, 1.807) is 31.2 Å². The number of hydrogen-bond acceptors (Lipinski definition) is 5. The molecule has 1 aliphatic heterocycles. The Morgan fingerprint density at radius 2 is 2.07 bits per heavy atom. The summed E-state index contributed by atoms with van der Waals surface area (Å²) in [6, 6.07) is 8.16. The average Bonchev–Trinajstić information content (AvgIpc) is 3.22. The number of furan rings is 1. The van der Waals surface area contributed by atoms with Gasteiger partial charge >= 0.3 is 12.0 Å². The lowest BCUT2D eigenvalue weighted by Gasteiger charge is -2.07. The minimum Gasteiger partial charge on any atom is -0.465 e. The number of amides is 3. The number of carbonyl (C=O) groups excluding carboxylic acids is 3. The minimum atomic E-state index is -0.500. The summed E-state index contributed by atoms with van der Waals surface area (Å²) in [4.78, 5) is 36.9. The lowest BCUT2D eigenvalue weighted by Crippen LogP contribution is -2.30. The fourth-order valence-electron chi connectivity index (χ4n) is 2.82. The van der Waals surface area contributed by atoms with Crippen molar-refractivity contribution >= 4 is 24.0 Å². The molecule has 0 bridgehead atoms. The summed E-state index contributed by atoms with van der Waals surface area (Å²) in [5.41, 5.74) is 2.03. The number of benzene rings is 1. The van der Waals surface area contributed by atoms with Crippen LogP contribution in [0.25, 0.3) is 17.4 Å². The van der Waals surface area contributed by atoms with Gasteiger partial charge in [-0.1, -0.05) is 18.2 Å². The molecule has 2 aromatic rings. The van der Waals surface area contributed by atoms with Crippen LogP contribution in [-0.4, -0.2) is 36.5 Å². The first-order valence-corrected chi connectivity index (χ1v) is 8.19. The molecule has 2 heterocycles. The number of nitrogens with zero attached hydrogens (tertiary/aromatic N) is 1. The smallest absolute Gasteiger partial charge is 0.338 e. The second-order valence-corrected chi connectivity index (χ2v) is 5.86. The van der Waals surface area contributed by atoms with Gasteiger partial charge in [0, 0.05) is 18.2 Å². The average molecular weight is 366 g/mol. The molecule has 1 aliphatic rings. The van der Waals surface area contributed by atoms with Crippen LogP contribution in [0.15, 0.2) is 53.1 Å². The minimum absolute atomic E-state index is 0.128. The van der Waals surface area contributed by atoms with Crippen molar-refractivity contribution in [1.29, 1.82) is 0 Å². The molecule has 1 saturated heterocycles. The number of urea groups is 1. The number of carbonyl (C=O) groups is 3. The zero-order chi connectivity index (χ0) is 19.6. The number of imide groups is 1. The van der Waals surface area contributed by atoms with E-state index in [1.165, 1.54) is 19.3 Å². The van der Waals surface area contributed by atoms with Crippen LogP contribution in [-0.2, 0) is 9.53 Å². The molecule has 0 unspecified atom stereocenters. The number of ether oxygens (including phenoxy) is 1. The molecule has 1 aromatic carbocycles. The molecule has 1 fully saturated rings. The molecular weight excluding hydrogens is 348 g/mol. The van der Waals surface area contributed by atoms with Crippen molar-refractivity contribution in [1.82, 2.24) is 10.2 Å². The summed E-state index contributed by atoms with van der Waals surface area (Å²) in [6.07, 6.45) is 2.94. The SMILES string of the molecule is C=CCN1C(=O)N/C(=C/c2ccc(-c3cccc(C(=O)OC)c3C)o2)C1=O. The summed E-state index contributed by atoms with van der Waals surface area (Å²) < 4.78 is 10.6. The monoisotopic (exact) mass is 366 g/mol. The normalized spacial score (nSPS) is 15.2. The maximum atomic E-state index is 12.2. The number of esters is 1. The Bertz CT molecular complexity index is 971. The third-order valence-corrected chi connectivity index (χ3v) is 4.19. The van der Waals surface area contributed by atoms with Crippen LogP contribution in [0.3, 0.4) is 0 Å². The summed E-state index contributed by atoms with van der Waals surface area (Å²) >= 11 is 0. The van der Waals surface area contributed by atoms with E-state index in [1.807, 2.05) is 6.07 Å². The molecule has 0 saturated carbocycles. The molecule has 3 rings (SSSR count). The molecule has 0 radical (unpaired) electrons. The number of rotatable bonds is 5. The van der Waals surface area contributed by atoms with Crippen LogP contribution in [0.2, 0.25) is 0 Å². The van der Waals surface area contributed by atoms with Gasteiger partial charge in [0.15, 0.2) is 0 Å². The predicted octanol–water partition coefficient (Wildman–Crippen LogP) is 3.12. The van der Waals surface area contributed by atoms with E-state index >= 15 is 0 Å². The molecule has 138 valence electrons. The zero-order valence-corrected chi connectivity index (χ0v) is 14.9. The van der Waals surface area contributed by atoms with Crippen molar-refractivity contribution in [3.63, 3.8) is 0 Å². The van der Waals surface area contributed by atoms with Crippen molar-refractivity contribution < 1.29 is 23.5 Å². The Kier molecular flexibility index (Phi) is 4.94. The van der Waals surface area contributed by atoms with Crippen molar-refractivity contribution in [2.75, 3.05) is 13.7 Å². The maximum absolute atomic E-state index is 12.2. The first-order valence-electron chi connectivity index (χ1n) is 8.19. The Labute approximate surface area is 155 Å². The molecule has 0 spiro atoms. The summed E-state index contributed by atoms with van der Waals surface area (Å²) in [5.74, 6) is 0.0633. The Morgan fingerprint density at radius 3 is 2.78 bits per heavy atom. The highest BCUT2D eigenvalue weighted by Crippen LogP contribution is 2.29. The van der Waals surface area contributed by atoms with Gasteiger partial charge in [0.1, 0.15) is 17.2 Å². The van der Waals surface area contributed by atoms with Crippen molar-refractivity contribution in [3.8, 4) is 11.3 Å². The van der Waals surface area contributed by atoms with Gasteiger partial charge in [-0.2, -0.15) is 0 Å². The van der Waals surface area contributed by atoms with E-state index in [4.69, 9.17) is 9.15 Å². The van der Waals surface area contributed by atoms with E-state index in [2.05, 4.69) is 11.9 Å². The van der Waals surface area contributed by atoms with Crippen LogP contribution in [0.4, 0.5) is 4.79 Å². The summed E-state index contributed by atoms with van der Waals surface area (Å²) in [7, 11) is 1.33. The molecule has 0 aliphatic carbocycles. The van der Waals surface area contributed by atoms with E-state index in [0.717, 1.165) is 16.0 Å². The Morgan fingerprint density at radius 1 is 1.30 bits per heavy atom.